The molecule has 0 spiro atoms. The van der Waals surface area contributed by atoms with Crippen LogP contribution in [0.15, 0.2) is 73.3 Å². The van der Waals surface area contributed by atoms with Crippen LogP contribution in [0.4, 0.5) is 0 Å². The minimum atomic E-state index is -0.157. The molecule has 5 rings (SSSR count). The van der Waals surface area contributed by atoms with Crippen LogP contribution in [0.3, 0.4) is 0 Å². The van der Waals surface area contributed by atoms with Gasteiger partial charge in [0.15, 0.2) is 10.8 Å². The summed E-state index contributed by atoms with van der Waals surface area (Å²) in [4.78, 5) is 12.7. The topological polar surface area (TPSA) is 71.3 Å². The van der Waals surface area contributed by atoms with Gasteiger partial charge >= 0.3 is 0 Å². The Morgan fingerprint density at radius 3 is 2.42 bits per heavy atom. The van der Waals surface area contributed by atoms with Gasteiger partial charge in [-0.1, -0.05) is 72.3 Å². The van der Waals surface area contributed by atoms with Crippen LogP contribution < -0.4 is 0 Å². The quantitative estimate of drug-likeness (QED) is 0.341. The molecule has 0 amide bonds. The van der Waals surface area contributed by atoms with Gasteiger partial charge < -0.3 is 18.8 Å². The van der Waals surface area contributed by atoms with Gasteiger partial charge in [0, 0.05) is 6.42 Å². The monoisotopic (exact) mass is 464 g/mol. The van der Waals surface area contributed by atoms with E-state index in [1.807, 2.05) is 41.0 Å². The largest absolute Gasteiger partial charge is 0.374 e. The maximum Gasteiger partial charge on any atom is 0.164 e. The maximum absolute atomic E-state index is 6.38. The molecule has 33 heavy (non-hydrogen) atoms. The van der Waals surface area contributed by atoms with Gasteiger partial charge in [-0.05, 0) is 11.1 Å². The van der Waals surface area contributed by atoms with E-state index in [4.69, 9.17) is 25.8 Å². The minimum Gasteiger partial charge on any atom is -0.374 e. The molecular weight excluding hydrogens is 440 g/mol. The van der Waals surface area contributed by atoms with E-state index in [0.717, 1.165) is 17.5 Å². The third-order valence-electron chi connectivity index (χ3n) is 5.73. The fourth-order valence-electron chi connectivity index (χ4n) is 4.09. The standard InChI is InChI=1S/C25H25ClN4O3/c26-24-23-25(28-16-27-24)30(17-29-23)12-20-11-21(32-14-19-9-5-2-6-10-19)22(33-20)15-31-13-18-7-3-1-4-8-18/h1-10,16-17,20-22H,11-15H2/t20-,21+,22-/m1/s1. The summed E-state index contributed by atoms with van der Waals surface area (Å²) in [5.74, 6) is 0. The van der Waals surface area contributed by atoms with Crippen LogP contribution in [0, 0.1) is 0 Å². The van der Waals surface area contributed by atoms with Crippen LogP contribution in [-0.4, -0.2) is 44.4 Å². The number of ether oxygens (including phenoxy) is 3. The Kier molecular flexibility index (Phi) is 6.92. The first-order valence-corrected chi connectivity index (χ1v) is 11.4. The summed E-state index contributed by atoms with van der Waals surface area (Å²) in [5, 5.41) is 0.349. The summed E-state index contributed by atoms with van der Waals surface area (Å²) in [7, 11) is 0. The molecule has 0 N–H and O–H groups in total. The van der Waals surface area contributed by atoms with Crippen LogP contribution >= 0.6 is 11.6 Å². The number of aromatic nitrogens is 4. The molecule has 1 fully saturated rings. The van der Waals surface area contributed by atoms with E-state index in [1.54, 1.807) is 6.33 Å². The Morgan fingerprint density at radius 1 is 0.939 bits per heavy atom. The molecule has 1 aliphatic heterocycles. The fraction of sp³-hybridized carbons (Fsp3) is 0.320. The van der Waals surface area contributed by atoms with E-state index in [2.05, 4.69) is 39.2 Å². The number of hydrogen-bond donors (Lipinski definition) is 0. The van der Waals surface area contributed by atoms with Crippen molar-refractivity contribution < 1.29 is 14.2 Å². The molecular formula is C25H25ClN4O3. The molecule has 8 heteroatoms. The molecule has 0 bridgehead atoms. The predicted molar refractivity (Wildman–Crippen MR) is 125 cm³/mol. The van der Waals surface area contributed by atoms with Crippen LogP contribution in [0.2, 0.25) is 5.15 Å². The highest BCUT2D eigenvalue weighted by atomic mass is 35.5. The summed E-state index contributed by atoms with van der Waals surface area (Å²) >= 11 is 6.15. The van der Waals surface area contributed by atoms with Gasteiger partial charge in [0.25, 0.3) is 0 Å². The summed E-state index contributed by atoms with van der Waals surface area (Å²) in [6.07, 6.45) is 3.65. The summed E-state index contributed by atoms with van der Waals surface area (Å²) in [6, 6.07) is 20.3. The second-order valence-electron chi connectivity index (χ2n) is 8.10. The third-order valence-corrected chi connectivity index (χ3v) is 6.01. The Labute approximate surface area is 197 Å². The molecule has 2 aromatic carbocycles. The first-order valence-electron chi connectivity index (χ1n) is 11.0. The van der Waals surface area contributed by atoms with E-state index < -0.39 is 0 Å². The molecule has 2 aromatic heterocycles. The van der Waals surface area contributed by atoms with Crippen molar-refractivity contribution in [2.45, 2.75) is 44.5 Å². The average molecular weight is 465 g/mol. The van der Waals surface area contributed by atoms with Gasteiger partial charge in [-0.3, -0.25) is 0 Å². The van der Waals surface area contributed by atoms with E-state index >= 15 is 0 Å². The number of benzene rings is 2. The molecule has 3 atom stereocenters. The van der Waals surface area contributed by atoms with Crippen LogP contribution in [-0.2, 0) is 34.0 Å². The van der Waals surface area contributed by atoms with Gasteiger partial charge in [-0.2, -0.15) is 0 Å². The molecule has 7 nitrogen and oxygen atoms in total. The zero-order valence-corrected chi connectivity index (χ0v) is 18.8. The molecule has 0 aliphatic carbocycles. The first-order chi connectivity index (χ1) is 16.3. The molecule has 0 saturated carbocycles. The van der Waals surface area contributed by atoms with Gasteiger partial charge in [0.05, 0.1) is 44.9 Å². The second kappa shape index (κ2) is 10.4. The lowest BCUT2D eigenvalue weighted by Crippen LogP contribution is -2.29. The molecule has 4 aromatic rings. The number of rotatable bonds is 9. The highest BCUT2D eigenvalue weighted by Crippen LogP contribution is 2.27. The van der Waals surface area contributed by atoms with Crippen molar-refractivity contribution in [1.29, 1.82) is 0 Å². The summed E-state index contributed by atoms with van der Waals surface area (Å²) in [6.45, 7) is 2.14. The highest BCUT2D eigenvalue weighted by Gasteiger charge is 2.36. The fourth-order valence-corrected chi connectivity index (χ4v) is 4.27. The molecule has 0 unspecified atom stereocenters. The Bertz CT molecular complexity index is 1170. The Hall–Kier alpha value is -2.84. The first kappa shape index (κ1) is 22.0. The lowest BCUT2D eigenvalue weighted by atomic mass is 10.1. The van der Waals surface area contributed by atoms with Gasteiger partial charge in [-0.25, -0.2) is 15.0 Å². The van der Waals surface area contributed by atoms with Crippen molar-refractivity contribution in [2.75, 3.05) is 6.61 Å². The van der Waals surface area contributed by atoms with Crippen molar-refractivity contribution in [2.24, 2.45) is 0 Å². The van der Waals surface area contributed by atoms with Crippen molar-refractivity contribution in [3.05, 3.63) is 89.6 Å². The molecule has 0 radical (unpaired) electrons. The normalized spacial score (nSPS) is 20.5. The SMILES string of the molecule is Clc1ncnc2c1ncn2C[C@H]1C[C@H](OCc2ccccc2)[C@@H](COCc2ccccc2)O1. The van der Waals surface area contributed by atoms with E-state index in [-0.39, 0.29) is 18.3 Å². The average Bonchev–Trinajstić information content (AvgIpc) is 3.44. The number of halogens is 1. The van der Waals surface area contributed by atoms with Crippen molar-refractivity contribution >= 4 is 22.8 Å². The summed E-state index contributed by atoms with van der Waals surface area (Å²) in [5.41, 5.74) is 3.56. The van der Waals surface area contributed by atoms with Crippen LogP contribution in [0.5, 0.6) is 0 Å². The minimum absolute atomic E-state index is 0.0535. The van der Waals surface area contributed by atoms with E-state index in [0.29, 0.717) is 42.7 Å². The number of nitrogens with zero attached hydrogens (tertiary/aromatic N) is 4. The lowest BCUT2D eigenvalue weighted by Gasteiger charge is -2.19. The zero-order chi connectivity index (χ0) is 22.5. The zero-order valence-electron chi connectivity index (χ0n) is 18.1. The van der Waals surface area contributed by atoms with Gasteiger partial charge in [0.2, 0.25) is 0 Å². The Morgan fingerprint density at radius 2 is 1.67 bits per heavy atom. The number of fused-ring (bicyclic) bond motifs is 1. The Balaban J connectivity index is 1.25. The van der Waals surface area contributed by atoms with Crippen molar-refractivity contribution in [3.63, 3.8) is 0 Å². The smallest absolute Gasteiger partial charge is 0.164 e. The maximum atomic E-state index is 6.38. The van der Waals surface area contributed by atoms with Crippen molar-refractivity contribution in [1.82, 2.24) is 19.5 Å². The molecule has 170 valence electrons. The van der Waals surface area contributed by atoms with Crippen molar-refractivity contribution in [3.8, 4) is 0 Å². The van der Waals surface area contributed by atoms with Crippen LogP contribution in [0.1, 0.15) is 17.5 Å². The van der Waals surface area contributed by atoms with Gasteiger partial charge in [0.1, 0.15) is 17.9 Å². The van der Waals surface area contributed by atoms with E-state index in [9.17, 15) is 0 Å². The molecule has 3 heterocycles. The number of hydrogen-bond acceptors (Lipinski definition) is 6. The number of imidazole rings is 1. The lowest BCUT2D eigenvalue weighted by molar-refractivity contribution is -0.0726. The predicted octanol–water partition coefficient (Wildman–Crippen LogP) is 4.44. The van der Waals surface area contributed by atoms with Gasteiger partial charge in [-0.15, -0.1) is 0 Å². The molecule has 1 saturated heterocycles. The third kappa shape index (κ3) is 5.39. The summed E-state index contributed by atoms with van der Waals surface area (Å²) < 4.78 is 20.6. The highest BCUT2D eigenvalue weighted by molar-refractivity contribution is 6.33. The molecule has 1 aliphatic rings. The second-order valence-corrected chi connectivity index (χ2v) is 8.46. The van der Waals surface area contributed by atoms with E-state index in [1.165, 1.54) is 6.33 Å². The van der Waals surface area contributed by atoms with Crippen LogP contribution in [0.25, 0.3) is 11.2 Å².